The van der Waals surface area contributed by atoms with Gasteiger partial charge in [-0.15, -0.1) is 10.2 Å². The third-order valence-corrected chi connectivity index (χ3v) is 8.32. The predicted molar refractivity (Wildman–Crippen MR) is 123 cm³/mol. The molecule has 10 nitrogen and oxygen atoms in total. The van der Waals surface area contributed by atoms with Crippen molar-refractivity contribution in [2.75, 3.05) is 56.4 Å². The fraction of sp³-hybridized carbons (Fsp3) is 0.550. The maximum Gasteiger partial charge on any atom is 0.242 e. The number of nitrogens with zero attached hydrogens (tertiary/aromatic N) is 5. The topological polar surface area (TPSA) is 110 Å². The number of nitrogens with one attached hydrogen (secondary N) is 1. The second-order valence-corrected chi connectivity index (χ2v) is 11.2. The molecule has 1 aliphatic carbocycles. The number of carbonyl (C=O) groups excluding carboxylic acids is 1. The van der Waals surface area contributed by atoms with Crippen molar-refractivity contribution >= 4 is 39.3 Å². The molecule has 12 heteroatoms. The molecule has 1 N–H and O–H groups in total. The minimum absolute atomic E-state index is 0.150. The molecular weight excluding hydrogens is 452 g/mol. The van der Waals surface area contributed by atoms with E-state index in [1.807, 2.05) is 0 Å². The SMILES string of the molecule is Cc1ccc(NC(=O)CSc2nnc(N3CCOCC3)n2C2CC2)cc1S(=O)(=O)N(C)C. The number of aryl methyl sites for hydroxylation is 1. The lowest BCUT2D eigenvalue weighted by Gasteiger charge is -2.27. The molecule has 2 aliphatic rings. The third kappa shape index (κ3) is 4.92. The lowest BCUT2D eigenvalue weighted by molar-refractivity contribution is -0.113. The van der Waals surface area contributed by atoms with Crippen LogP contribution in [0.2, 0.25) is 0 Å². The molecule has 1 aromatic heterocycles. The smallest absolute Gasteiger partial charge is 0.242 e. The largest absolute Gasteiger partial charge is 0.378 e. The van der Waals surface area contributed by atoms with Gasteiger partial charge in [0.15, 0.2) is 5.16 Å². The number of anilines is 2. The molecule has 1 aliphatic heterocycles. The third-order valence-electron chi connectivity index (χ3n) is 5.42. The molecule has 32 heavy (non-hydrogen) atoms. The lowest BCUT2D eigenvalue weighted by Crippen LogP contribution is -2.38. The summed E-state index contributed by atoms with van der Waals surface area (Å²) in [6.45, 7) is 4.63. The first kappa shape index (κ1) is 23.0. The van der Waals surface area contributed by atoms with E-state index < -0.39 is 10.0 Å². The zero-order chi connectivity index (χ0) is 22.9. The van der Waals surface area contributed by atoms with Crippen LogP contribution in [0.15, 0.2) is 28.3 Å². The molecular formula is C20H28N6O4S2. The van der Waals surface area contributed by atoms with Crippen molar-refractivity contribution in [3.05, 3.63) is 23.8 Å². The Morgan fingerprint density at radius 1 is 1.25 bits per heavy atom. The number of rotatable bonds is 8. The van der Waals surface area contributed by atoms with Gasteiger partial charge in [0.25, 0.3) is 0 Å². The van der Waals surface area contributed by atoms with Crippen LogP contribution in [0.1, 0.15) is 24.4 Å². The molecule has 2 aromatic rings. The highest BCUT2D eigenvalue weighted by Gasteiger charge is 2.32. The molecule has 174 valence electrons. The molecule has 4 rings (SSSR count). The molecule has 0 unspecified atom stereocenters. The fourth-order valence-corrected chi connectivity index (χ4v) is 5.42. The number of hydrogen-bond acceptors (Lipinski definition) is 8. The summed E-state index contributed by atoms with van der Waals surface area (Å²) in [6.07, 6.45) is 2.17. The molecule has 2 fully saturated rings. The summed E-state index contributed by atoms with van der Waals surface area (Å²) in [6, 6.07) is 5.27. The van der Waals surface area contributed by atoms with Crippen molar-refractivity contribution in [2.24, 2.45) is 0 Å². The second kappa shape index (κ2) is 9.38. The minimum Gasteiger partial charge on any atom is -0.378 e. The monoisotopic (exact) mass is 480 g/mol. The van der Waals surface area contributed by atoms with Gasteiger partial charge in [0, 0.05) is 38.9 Å². The van der Waals surface area contributed by atoms with Crippen molar-refractivity contribution in [1.82, 2.24) is 19.1 Å². The Morgan fingerprint density at radius 3 is 2.62 bits per heavy atom. The van der Waals surface area contributed by atoms with Crippen LogP contribution in [-0.4, -0.2) is 79.5 Å². The van der Waals surface area contributed by atoms with E-state index >= 15 is 0 Å². The summed E-state index contributed by atoms with van der Waals surface area (Å²) in [5.74, 6) is 0.763. The highest BCUT2D eigenvalue weighted by atomic mass is 32.2. The van der Waals surface area contributed by atoms with E-state index in [0.29, 0.717) is 30.5 Å². The van der Waals surface area contributed by atoms with E-state index in [1.54, 1.807) is 19.1 Å². The second-order valence-electron chi connectivity index (χ2n) is 8.09. The fourth-order valence-electron chi connectivity index (χ4n) is 3.48. The van der Waals surface area contributed by atoms with Crippen LogP contribution >= 0.6 is 11.8 Å². The van der Waals surface area contributed by atoms with Crippen molar-refractivity contribution < 1.29 is 17.9 Å². The standard InChI is InChI=1S/C20H28N6O4S2/c1-14-4-5-15(12-17(14)32(28,29)24(2)3)21-18(27)13-31-20-23-22-19(26(20)16-6-7-16)25-8-10-30-11-9-25/h4-5,12,16H,6-11,13H2,1-3H3,(H,21,27). The average Bonchev–Trinajstić information content (AvgIpc) is 3.52. The van der Waals surface area contributed by atoms with E-state index in [4.69, 9.17) is 4.74 Å². The highest BCUT2D eigenvalue weighted by Crippen LogP contribution is 2.41. The molecule has 0 spiro atoms. The van der Waals surface area contributed by atoms with E-state index in [2.05, 4.69) is 25.0 Å². The molecule has 1 aromatic carbocycles. The molecule has 2 heterocycles. The Morgan fingerprint density at radius 2 is 1.97 bits per heavy atom. The number of morpholine rings is 1. The Hall–Kier alpha value is -2.15. The normalized spacial score (nSPS) is 17.1. The first-order valence-corrected chi connectivity index (χ1v) is 12.9. The Labute approximate surface area is 192 Å². The maximum atomic E-state index is 12.6. The van der Waals surface area contributed by atoms with Gasteiger partial charge in [0.1, 0.15) is 0 Å². The number of benzene rings is 1. The Balaban J connectivity index is 1.43. The van der Waals surface area contributed by atoms with Crippen LogP contribution in [0.25, 0.3) is 0 Å². The summed E-state index contributed by atoms with van der Waals surface area (Å²) in [5, 5.41) is 12.2. The molecule has 0 atom stereocenters. The summed E-state index contributed by atoms with van der Waals surface area (Å²) >= 11 is 1.34. The van der Waals surface area contributed by atoms with Crippen LogP contribution in [0.5, 0.6) is 0 Å². The van der Waals surface area contributed by atoms with Gasteiger partial charge in [-0.1, -0.05) is 17.8 Å². The number of hydrogen-bond donors (Lipinski definition) is 1. The van der Waals surface area contributed by atoms with Gasteiger partial charge in [-0.2, -0.15) is 0 Å². The number of sulfonamides is 1. The van der Waals surface area contributed by atoms with E-state index in [-0.39, 0.29) is 16.6 Å². The molecule has 0 bridgehead atoms. The van der Waals surface area contributed by atoms with Crippen LogP contribution < -0.4 is 10.2 Å². The van der Waals surface area contributed by atoms with Gasteiger partial charge < -0.3 is 15.0 Å². The zero-order valence-corrected chi connectivity index (χ0v) is 20.1. The van der Waals surface area contributed by atoms with Crippen molar-refractivity contribution in [1.29, 1.82) is 0 Å². The average molecular weight is 481 g/mol. The van der Waals surface area contributed by atoms with Gasteiger partial charge in [0.2, 0.25) is 21.9 Å². The number of ether oxygens (including phenoxy) is 1. The van der Waals surface area contributed by atoms with Crippen LogP contribution in [-0.2, 0) is 19.6 Å². The predicted octanol–water partition coefficient (Wildman–Crippen LogP) is 1.74. The zero-order valence-electron chi connectivity index (χ0n) is 18.4. The van der Waals surface area contributed by atoms with Gasteiger partial charge in [-0.25, -0.2) is 12.7 Å². The summed E-state index contributed by atoms with van der Waals surface area (Å²) < 4.78 is 33.8. The summed E-state index contributed by atoms with van der Waals surface area (Å²) in [4.78, 5) is 15.0. The first-order valence-electron chi connectivity index (χ1n) is 10.5. The van der Waals surface area contributed by atoms with Crippen LogP contribution in [0, 0.1) is 6.92 Å². The van der Waals surface area contributed by atoms with E-state index in [9.17, 15) is 13.2 Å². The first-order chi connectivity index (χ1) is 15.3. The summed E-state index contributed by atoms with van der Waals surface area (Å²) in [5.41, 5.74) is 1.07. The Kier molecular flexibility index (Phi) is 6.75. The summed E-state index contributed by atoms with van der Waals surface area (Å²) in [7, 11) is -0.628. The van der Waals surface area contributed by atoms with Crippen molar-refractivity contribution in [2.45, 2.75) is 35.9 Å². The number of aromatic nitrogens is 3. The van der Waals surface area contributed by atoms with Crippen molar-refractivity contribution in [3.8, 4) is 0 Å². The van der Waals surface area contributed by atoms with Gasteiger partial charge >= 0.3 is 0 Å². The van der Waals surface area contributed by atoms with E-state index in [1.165, 1.54) is 31.9 Å². The van der Waals surface area contributed by atoms with Crippen molar-refractivity contribution in [3.63, 3.8) is 0 Å². The van der Waals surface area contributed by atoms with Gasteiger partial charge in [0.05, 0.1) is 23.9 Å². The van der Waals surface area contributed by atoms with Gasteiger partial charge in [-0.3, -0.25) is 9.36 Å². The minimum atomic E-state index is -3.60. The maximum absolute atomic E-state index is 12.6. The molecule has 1 saturated carbocycles. The van der Waals surface area contributed by atoms with Crippen LogP contribution in [0.3, 0.4) is 0 Å². The van der Waals surface area contributed by atoms with Crippen LogP contribution in [0.4, 0.5) is 11.6 Å². The number of amides is 1. The Bertz CT molecular complexity index is 1090. The molecule has 1 saturated heterocycles. The van der Waals surface area contributed by atoms with Gasteiger partial charge in [-0.05, 0) is 37.5 Å². The quantitative estimate of drug-likeness (QED) is 0.569. The number of carbonyl (C=O) groups is 1. The molecule has 1 amide bonds. The van der Waals surface area contributed by atoms with E-state index in [0.717, 1.165) is 41.3 Å². The highest BCUT2D eigenvalue weighted by molar-refractivity contribution is 7.99. The molecule has 0 radical (unpaired) electrons. The lowest BCUT2D eigenvalue weighted by atomic mass is 10.2. The number of thioether (sulfide) groups is 1.